The lowest BCUT2D eigenvalue weighted by Gasteiger charge is -2.25. The number of aromatic nitrogens is 1. The number of nitrogens with one attached hydrogen (secondary N) is 1. The highest BCUT2D eigenvalue weighted by Crippen LogP contribution is 2.28. The van der Waals surface area contributed by atoms with Crippen LogP contribution in [0.4, 0.5) is 5.69 Å². The lowest BCUT2D eigenvalue weighted by atomic mass is 10.1. The molecular weight excluding hydrogens is 607 g/mol. The Hall–Kier alpha value is -4.44. The number of amides is 1. The number of anilines is 1. The van der Waals surface area contributed by atoms with Crippen LogP contribution >= 0.6 is 23.2 Å². The van der Waals surface area contributed by atoms with Gasteiger partial charge in [0.05, 0.1) is 36.0 Å². The van der Waals surface area contributed by atoms with Gasteiger partial charge in [0.15, 0.2) is 0 Å². The lowest BCUT2D eigenvalue weighted by molar-refractivity contribution is 0.0955. The zero-order valence-corrected chi connectivity index (χ0v) is 25.5. The Morgan fingerprint density at radius 1 is 0.977 bits per heavy atom. The van der Waals surface area contributed by atoms with Crippen LogP contribution in [0.25, 0.3) is 10.9 Å². The fraction of sp³-hybridized carbons (Fsp3) is 0.0938. The van der Waals surface area contributed by atoms with Crippen LogP contribution in [-0.2, 0) is 16.6 Å². The van der Waals surface area contributed by atoms with Gasteiger partial charge in [-0.05, 0) is 73.2 Å². The predicted octanol–water partition coefficient (Wildman–Crippen LogP) is 7.02. The third-order valence-corrected chi connectivity index (χ3v) is 8.95. The fourth-order valence-corrected chi connectivity index (χ4v) is 6.12. The predicted molar refractivity (Wildman–Crippen MR) is 171 cm³/mol. The van der Waals surface area contributed by atoms with Crippen LogP contribution < -0.4 is 14.5 Å². The van der Waals surface area contributed by atoms with Crippen LogP contribution in [0.2, 0.25) is 10.2 Å². The van der Waals surface area contributed by atoms with E-state index in [1.165, 1.54) is 10.5 Å². The van der Waals surface area contributed by atoms with Crippen molar-refractivity contribution in [2.75, 3.05) is 11.4 Å². The molecule has 1 amide bonds. The number of carbonyl (C=O) groups excluding carboxylic acids is 1. The van der Waals surface area contributed by atoms with Gasteiger partial charge in [0, 0.05) is 27.6 Å². The first-order valence-electron chi connectivity index (χ1n) is 13.1. The molecule has 11 heteroatoms. The molecule has 43 heavy (non-hydrogen) atoms. The lowest BCUT2D eigenvalue weighted by Crippen LogP contribution is -2.30. The molecule has 0 spiro atoms. The van der Waals surface area contributed by atoms with E-state index in [0.29, 0.717) is 38.7 Å². The Labute approximate surface area is 259 Å². The number of fused-ring (bicyclic) bond motifs is 1. The molecule has 1 aromatic heterocycles. The van der Waals surface area contributed by atoms with Gasteiger partial charge in [-0.1, -0.05) is 59.1 Å². The Balaban J connectivity index is 1.32. The number of carbonyl (C=O) groups is 1. The maximum Gasteiger partial charge on any atom is 0.271 e. The average Bonchev–Trinajstić information content (AvgIpc) is 3.00. The van der Waals surface area contributed by atoms with Gasteiger partial charge in [-0.25, -0.2) is 18.8 Å². The maximum absolute atomic E-state index is 13.7. The largest absolute Gasteiger partial charge is 0.497 e. The van der Waals surface area contributed by atoms with E-state index in [2.05, 4.69) is 15.5 Å². The number of hydrogen-bond donors (Lipinski definition) is 1. The maximum atomic E-state index is 13.7. The number of ether oxygens (including phenoxy) is 1. The van der Waals surface area contributed by atoms with Crippen molar-refractivity contribution in [1.82, 2.24) is 10.4 Å². The molecule has 0 atom stereocenters. The fourth-order valence-electron chi connectivity index (χ4n) is 4.29. The molecule has 0 radical (unpaired) electrons. The number of sulfonamides is 1. The van der Waals surface area contributed by atoms with Crippen molar-refractivity contribution in [2.45, 2.75) is 18.4 Å². The second-order valence-corrected chi connectivity index (χ2v) is 12.3. The third-order valence-electron chi connectivity index (χ3n) is 6.62. The standard InChI is InChI=1S/C32H26Cl2N4O4S/c1-21-6-14-29(15-7-21)43(40,41)38(27-5-3-4-26(33)17-27)20-22-8-10-23(11-9-22)32(39)37-35-19-25-16-24-12-13-28(42-2)18-30(24)36-31(25)34/h3-19H,20H2,1-2H3,(H,37,39)/b35-19-. The second kappa shape index (κ2) is 12.8. The molecule has 0 aliphatic rings. The summed E-state index contributed by atoms with van der Waals surface area (Å²) in [6.45, 7) is 1.91. The number of hydrogen-bond acceptors (Lipinski definition) is 6. The van der Waals surface area contributed by atoms with Crippen LogP contribution in [0, 0.1) is 6.92 Å². The van der Waals surface area contributed by atoms with Crippen LogP contribution in [0.3, 0.4) is 0 Å². The highest BCUT2D eigenvalue weighted by Gasteiger charge is 2.25. The number of nitrogens with zero attached hydrogens (tertiary/aromatic N) is 3. The summed E-state index contributed by atoms with van der Waals surface area (Å²) < 4.78 is 33.9. The summed E-state index contributed by atoms with van der Waals surface area (Å²) >= 11 is 12.5. The molecule has 0 bridgehead atoms. The normalized spacial score (nSPS) is 11.5. The van der Waals surface area contributed by atoms with Gasteiger partial charge < -0.3 is 4.74 Å². The molecule has 5 aromatic rings. The first-order chi connectivity index (χ1) is 20.6. The molecule has 0 saturated heterocycles. The van der Waals surface area contributed by atoms with Gasteiger partial charge in [-0.15, -0.1) is 0 Å². The number of benzene rings is 4. The molecule has 0 saturated carbocycles. The van der Waals surface area contributed by atoms with Gasteiger partial charge in [-0.3, -0.25) is 9.10 Å². The Bertz CT molecular complexity index is 1930. The summed E-state index contributed by atoms with van der Waals surface area (Å²) in [7, 11) is -2.34. The van der Waals surface area contributed by atoms with E-state index in [1.54, 1.807) is 86.0 Å². The minimum atomic E-state index is -3.92. The van der Waals surface area contributed by atoms with Crippen molar-refractivity contribution in [2.24, 2.45) is 5.10 Å². The number of halogens is 2. The van der Waals surface area contributed by atoms with Crippen molar-refractivity contribution in [3.05, 3.63) is 129 Å². The van der Waals surface area contributed by atoms with E-state index in [9.17, 15) is 13.2 Å². The molecule has 1 N–H and O–H groups in total. The van der Waals surface area contributed by atoms with E-state index < -0.39 is 15.9 Å². The smallest absolute Gasteiger partial charge is 0.271 e. The third kappa shape index (κ3) is 6.97. The Morgan fingerprint density at radius 2 is 1.72 bits per heavy atom. The molecule has 1 heterocycles. The van der Waals surface area contributed by atoms with Crippen LogP contribution in [0.5, 0.6) is 5.75 Å². The van der Waals surface area contributed by atoms with E-state index in [-0.39, 0.29) is 16.6 Å². The van der Waals surface area contributed by atoms with E-state index >= 15 is 0 Å². The summed E-state index contributed by atoms with van der Waals surface area (Å²) in [5, 5.41) is 5.52. The molecule has 4 aromatic carbocycles. The molecule has 0 aliphatic carbocycles. The monoisotopic (exact) mass is 632 g/mol. The van der Waals surface area contributed by atoms with Gasteiger partial charge in [0.2, 0.25) is 0 Å². The minimum Gasteiger partial charge on any atom is -0.497 e. The zero-order chi connectivity index (χ0) is 30.6. The van der Waals surface area contributed by atoms with Gasteiger partial charge in [-0.2, -0.15) is 5.10 Å². The molecular formula is C32H26Cl2N4O4S. The molecule has 0 aliphatic heterocycles. The molecule has 218 valence electrons. The summed E-state index contributed by atoms with van der Waals surface area (Å²) in [5.74, 6) is 0.220. The summed E-state index contributed by atoms with van der Waals surface area (Å²) in [4.78, 5) is 17.3. The Kier molecular flexibility index (Phi) is 8.96. The van der Waals surface area contributed by atoms with E-state index in [4.69, 9.17) is 27.9 Å². The number of hydrazone groups is 1. The summed E-state index contributed by atoms with van der Waals surface area (Å²) in [5.41, 5.74) is 6.07. The highest BCUT2D eigenvalue weighted by atomic mass is 35.5. The minimum absolute atomic E-state index is 0.0238. The first kappa shape index (κ1) is 30.0. The molecule has 5 rings (SSSR count). The van der Waals surface area contributed by atoms with Crippen LogP contribution in [-0.4, -0.2) is 32.6 Å². The average molecular weight is 634 g/mol. The Morgan fingerprint density at radius 3 is 2.42 bits per heavy atom. The first-order valence-corrected chi connectivity index (χ1v) is 15.3. The van der Waals surface area contributed by atoms with Crippen molar-refractivity contribution in [1.29, 1.82) is 0 Å². The van der Waals surface area contributed by atoms with Crippen molar-refractivity contribution in [3.63, 3.8) is 0 Å². The summed E-state index contributed by atoms with van der Waals surface area (Å²) in [6.07, 6.45) is 1.42. The second-order valence-electron chi connectivity index (χ2n) is 9.63. The van der Waals surface area contributed by atoms with E-state index in [0.717, 1.165) is 10.9 Å². The topological polar surface area (TPSA) is 101 Å². The van der Waals surface area contributed by atoms with Gasteiger partial charge in [0.1, 0.15) is 10.9 Å². The van der Waals surface area contributed by atoms with Crippen LogP contribution in [0.1, 0.15) is 27.0 Å². The van der Waals surface area contributed by atoms with Crippen molar-refractivity contribution in [3.8, 4) is 5.75 Å². The highest BCUT2D eigenvalue weighted by molar-refractivity contribution is 7.92. The molecule has 0 unspecified atom stereocenters. The number of methoxy groups -OCH3 is 1. The van der Waals surface area contributed by atoms with Gasteiger partial charge in [0.25, 0.3) is 15.9 Å². The summed E-state index contributed by atoms with van der Waals surface area (Å²) in [6, 6.07) is 27.2. The number of pyridine rings is 1. The van der Waals surface area contributed by atoms with E-state index in [1.807, 2.05) is 25.1 Å². The van der Waals surface area contributed by atoms with Crippen molar-refractivity contribution < 1.29 is 17.9 Å². The molecule has 0 fully saturated rings. The SMILES string of the molecule is COc1ccc2cc(/C=N\NC(=O)c3ccc(CN(c4cccc(Cl)c4)S(=O)(=O)c4ccc(C)cc4)cc3)c(Cl)nc2c1. The molecule has 8 nitrogen and oxygen atoms in total. The van der Waals surface area contributed by atoms with Gasteiger partial charge >= 0.3 is 0 Å². The number of aryl methyl sites for hydroxylation is 1. The zero-order valence-electron chi connectivity index (χ0n) is 23.2. The number of rotatable bonds is 9. The van der Waals surface area contributed by atoms with Crippen molar-refractivity contribution >= 4 is 61.9 Å². The van der Waals surface area contributed by atoms with Crippen LogP contribution in [0.15, 0.2) is 107 Å². The quantitative estimate of drug-likeness (QED) is 0.107.